The predicted octanol–water partition coefficient (Wildman–Crippen LogP) is 5.74. The Kier molecular flexibility index (Phi) is 4.91. The number of ether oxygens (including phenoxy) is 3. The van der Waals surface area contributed by atoms with Gasteiger partial charge in [0, 0.05) is 16.5 Å². The van der Waals surface area contributed by atoms with E-state index in [1.54, 1.807) is 30.3 Å². The van der Waals surface area contributed by atoms with Crippen molar-refractivity contribution in [1.82, 2.24) is 0 Å². The number of hydrogen-bond donors (Lipinski definition) is 0. The number of halogens is 1. The highest BCUT2D eigenvalue weighted by molar-refractivity contribution is 6.31. The molecule has 0 bridgehead atoms. The summed E-state index contributed by atoms with van der Waals surface area (Å²) in [6, 6.07) is 23.7. The molecule has 4 atom stereocenters. The van der Waals surface area contributed by atoms with Crippen LogP contribution in [0.5, 0.6) is 17.2 Å². The monoisotopic (exact) mass is 549 g/mol. The topological polar surface area (TPSA) is 82.1 Å². The summed E-state index contributed by atoms with van der Waals surface area (Å²) in [5, 5.41) is 2.29. The smallest absolute Gasteiger partial charge is 0.319 e. The second-order valence-corrected chi connectivity index (χ2v) is 10.8. The molecule has 40 heavy (non-hydrogen) atoms. The lowest BCUT2D eigenvalue weighted by Gasteiger charge is -2.38. The van der Waals surface area contributed by atoms with Crippen LogP contribution < -0.4 is 19.1 Å². The first-order valence-corrected chi connectivity index (χ1v) is 13.4. The molecule has 0 radical (unpaired) electrons. The van der Waals surface area contributed by atoms with Crippen molar-refractivity contribution in [3.8, 4) is 17.2 Å². The lowest BCUT2D eigenvalue weighted by molar-refractivity contribution is -0.142. The molecular weight excluding hydrogens is 530 g/mol. The number of nitrogens with zero attached hydrogens (tertiary/aromatic N) is 1. The maximum absolute atomic E-state index is 14.2. The van der Waals surface area contributed by atoms with E-state index in [-0.39, 0.29) is 12.7 Å². The summed E-state index contributed by atoms with van der Waals surface area (Å²) < 4.78 is 17.0. The van der Waals surface area contributed by atoms with Crippen molar-refractivity contribution in [2.45, 2.75) is 5.92 Å². The molecule has 4 aliphatic rings. The Morgan fingerprint density at radius 3 is 2.45 bits per heavy atom. The fourth-order valence-corrected chi connectivity index (χ4v) is 6.83. The van der Waals surface area contributed by atoms with Gasteiger partial charge >= 0.3 is 5.97 Å². The van der Waals surface area contributed by atoms with Gasteiger partial charge in [-0.25, -0.2) is 4.90 Å². The van der Waals surface area contributed by atoms with Crippen LogP contribution in [0.3, 0.4) is 0 Å². The summed E-state index contributed by atoms with van der Waals surface area (Å²) in [6.07, 6.45) is 1.97. The Balaban J connectivity index is 1.37. The van der Waals surface area contributed by atoms with Crippen LogP contribution in [0.25, 0.3) is 16.3 Å². The van der Waals surface area contributed by atoms with Gasteiger partial charge in [-0.3, -0.25) is 14.4 Å². The van der Waals surface area contributed by atoms with E-state index in [0.717, 1.165) is 21.9 Å². The van der Waals surface area contributed by atoms with E-state index in [9.17, 15) is 14.4 Å². The van der Waals surface area contributed by atoms with Crippen LogP contribution in [0.4, 0.5) is 5.69 Å². The van der Waals surface area contributed by atoms with Crippen LogP contribution in [0, 0.1) is 17.8 Å². The molecular formula is C32H20ClNO6. The zero-order valence-corrected chi connectivity index (χ0v) is 21.6. The Bertz CT molecular complexity index is 1830. The second kappa shape index (κ2) is 8.44. The van der Waals surface area contributed by atoms with Crippen molar-refractivity contribution in [3.63, 3.8) is 0 Å². The maximum atomic E-state index is 14.2. The Morgan fingerprint density at radius 2 is 1.57 bits per heavy atom. The summed E-state index contributed by atoms with van der Waals surface area (Å²) in [6.45, 7) is 0.115. The first-order chi connectivity index (χ1) is 19.5. The zero-order valence-electron chi connectivity index (χ0n) is 20.9. The van der Waals surface area contributed by atoms with Crippen molar-refractivity contribution in [1.29, 1.82) is 0 Å². The number of amides is 2. The van der Waals surface area contributed by atoms with Crippen LogP contribution in [0.1, 0.15) is 17.0 Å². The number of fused-ring (bicyclic) bond motifs is 8. The minimum atomic E-state index is -0.957. The molecule has 0 unspecified atom stereocenters. The van der Waals surface area contributed by atoms with Gasteiger partial charge in [0.25, 0.3) is 0 Å². The van der Waals surface area contributed by atoms with Crippen LogP contribution in [0.2, 0.25) is 5.02 Å². The minimum absolute atomic E-state index is 0.115. The minimum Gasteiger partial charge on any atom is -0.454 e. The average molecular weight is 550 g/mol. The highest BCUT2D eigenvalue weighted by atomic mass is 35.5. The molecule has 196 valence electrons. The Hall–Kier alpha value is -4.62. The summed E-state index contributed by atoms with van der Waals surface area (Å²) in [7, 11) is 0. The number of carbonyl (C=O) groups is 3. The number of hydrogen-bond acceptors (Lipinski definition) is 6. The van der Waals surface area contributed by atoms with Crippen molar-refractivity contribution in [2.24, 2.45) is 17.8 Å². The Morgan fingerprint density at radius 1 is 0.775 bits per heavy atom. The lowest BCUT2D eigenvalue weighted by atomic mass is 9.64. The third-order valence-electron chi connectivity index (χ3n) is 8.33. The predicted molar refractivity (Wildman–Crippen MR) is 147 cm³/mol. The number of allylic oxidation sites excluding steroid dienone is 1. The average Bonchev–Trinajstić information content (AvgIpc) is 3.54. The van der Waals surface area contributed by atoms with E-state index in [4.69, 9.17) is 25.8 Å². The Labute approximate surface area is 233 Å². The first-order valence-electron chi connectivity index (χ1n) is 13.0. The standard InChI is InChI=1S/C32H20ClNO6/c33-18-5-3-6-19(13-18)34-30(35)27-21(17-9-10-23-25(12-17)39-15-38-23)14-22-26-20-7-2-1-4-16(20)8-11-24(26)40-32(37)28(22)29(27)31(34)36/h1-14,21,27-29H,15H2/t21-,27+,28+,29+/m1/s1. The number of imide groups is 1. The SMILES string of the molecule is O=C1Oc2ccc3ccccc3c2C2=C[C@H](c3ccc4c(c3)OCO4)[C@@H]3C(=O)N(c4cccc(Cl)c4)C(=O)[C@@H]3[C@@H]12. The largest absolute Gasteiger partial charge is 0.454 e. The molecule has 3 aliphatic heterocycles. The molecule has 2 amide bonds. The van der Waals surface area contributed by atoms with Gasteiger partial charge in [0.1, 0.15) is 5.75 Å². The highest BCUT2D eigenvalue weighted by Gasteiger charge is 2.60. The molecule has 8 heteroatoms. The van der Waals surface area contributed by atoms with Gasteiger partial charge in [0.2, 0.25) is 18.6 Å². The molecule has 3 heterocycles. The van der Waals surface area contributed by atoms with Crippen LogP contribution in [0.15, 0.2) is 84.9 Å². The van der Waals surface area contributed by atoms with Crippen LogP contribution >= 0.6 is 11.6 Å². The third kappa shape index (κ3) is 3.21. The molecule has 1 aliphatic carbocycles. The molecule has 8 rings (SSSR count). The molecule has 4 aromatic rings. The van der Waals surface area contributed by atoms with E-state index in [2.05, 4.69) is 0 Å². The van der Waals surface area contributed by atoms with Gasteiger partial charge in [0.05, 0.1) is 23.4 Å². The van der Waals surface area contributed by atoms with Crippen molar-refractivity contribution < 1.29 is 28.6 Å². The van der Waals surface area contributed by atoms with Crippen molar-refractivity contribution in [3.05, 3.63) is 101 Å². The highest BCUT2D eigenvalue weighted by Crippen LogP contribution is 2.56. The van der Waals surface area contributed by atoms with E-state index in [1.807, 2.05) is 54.6 Å². The molecule has 0 aromatic heterocycles. The number of carbonyl (C=O) groups excluding carboxylic acids is 3. The fraction of sp³-hybridized carbons (Fsp3) is 0.156. The van der Waals surface area contributed by atoms with Gasteiger partial charge in [0.15, 0.2) is 11.5 Å². The molecule has 0 N–H and O–H groups in total. The quantitative estimate of drug-likeness (QED) is 0.180. The number of esters is 1. The van der Waals surface area contributed by atoms with E-state index in [0.29, 0.717) is 33.5 Å². The summed E-state index contributed by atoms with van der Waals surface area (Å²) >= 11 is 6.24. The second-order valence-electron chi connectivity index (χ2n) is 10.4. The third-order valence-corrected chi connectivity index (χ3v) is 8.57. The molecule has 0 saturated carbocycles. The molecule has 1 saturated heterocycles. The van der Waals surface area contributed by atoms with Gasteiger partial charge in [-0.1, -0.05) is 60.1 Å². The molecule has 4 aromatic carbocycles. The summed E-state index contributed by atoms with van der Waals surface area (Å²) in [5.41, 5.74) is 2.63. The maximum Gasteiger partial charge on any atom is 0.319 e. The summed E-state index contributed by atoms with van der Waals surface area (Å²) in [4.78, 5) is 43.1. The van der Waals surface area contributed by atoms with Crippen LogP contribution in [-0.2, 0) is 14.4 Å². The van der Waals surface area contributed by atoms with Gasteiger partial charge in [-0.05, 0) is 58.3 Å². The fourth-order valence-electron chi connectivity index (χ4n) is 6.65. The number of anilines is 1. The van der Waals surface area contributed by atoms with E-state index in [1.165, 1.54) is 4.90 Å². The number of benzene rings is 4. The summed E-state index contributed by atoms with van der Waals surface area (Å²) in [5.74, 6) is -2.96. The van der Waals surface area contributed by atoms with Crippen molar-refractivity contribution in [2.75, 3.05) is 11.7 Å². The zero-order chi connectivity index (χ0) is 27.1. The van der Waals surface area contributed by atoms with E-state index >= 15 is 0 Å². The molecule has 7 nitrogen and oxygen atoms in total. The van der Waals surface area contributed by atoms with Gasteiger partial charge in [-0.2, -0.15) is 0 Å². The molecule has 0 spiro atoms. The normalized spacial score (nSPS) is 24.4. The van der Waals surface area contributed by atoms with Crippen molar-refractivity contribution >= 4 is 51.4 Å². The lowest BCUT2D eigenvalue weighted by Crippen LogP contribution is -2.42. The van der Waals surface area contributed by atoms with Gasteiger partial charge < -0.3 is 14.2 Å². The first kappa shape index (κ1) is 23.3. The number of rotatable bonds is 2. The van der Waals surface area contributed by atoms with Gasteiger partial charge in [-0.15, -0.1) is 0 Å². The van der Waals surface area contributed by atoms with Crippen LogP contribution in [-0.4, -0.2) is 24.6 Å². The van der Waals surface area contributed by atoms with E-state index < -0.39 is 35.5 Å². The molecule has 1 fully saturated rings.